The second-order valence-corrected chi connectivity index (χ2v) is 11.9. The van der Waals surface area contributed by atoms with Crippen molar-refractivity contribution in [3.05, 3.63) is 60.2 Å². The van der Waals surface area contributed by atoms with Gasteiger partial charge in [0.15, 0.2) is 0 Å². The van der Waals surface area contributed by atoms with E-state index in [-0.39, 0.29) is 19.6 Å². The summed E-state index contributed by atoms with van der Waals surface area (Å²) in [5, 5.41) is 36.0. The van der Waals surface area contributed by atoms with Crippen molar-refractivity contribution in [2.75, 3.05) is 78.5 Å². The van der Waals surface area contributed by atoms with Gasteiger partial charge in [0.05, 0.1) is 19.6 Å². The molecular weight excluding hydrogens is 560 g/mol. The van der Waals surface area contributed by atoms with E-state index in [1.165, 1.54) is 37.9 Å². The average molecular weight is 603 g/mol. The van der Waals surface area contributed by atoms with Gasteiger partial charge in [-0.2, -0.15) is 0 Å². The summed E-state index contributed by atoms with van der Waals surface area (Å²) in [5.74, 6) is -2.77. The summed E-state index contributed by atoms with van der Waals surface area (Å²) in [6.45, 7) is 4.53. The van der Waals surface area contributed by atoms with Gasteiger partial charge in [0, 0.05) is 52.4 Å². The number of hydrogen-bond acceptors (Lipinski definition) is 7. The Morgan fingerprint density at radius 1 is 0.523 bits per heavy atom. The molecule has 0 aliphatic carbocycles. The number of carboxylic acids is 3. The van der Waals surface area contributed by atoms with Gasteiger partial charge in [-0.15, -0.1) is 0 Å². The number of hydrogen-bond donors (Lipinski definition) is 3. The van der Waals surface area contributed by atoms with Crippen molar-refractivity contribution in [3.63, 3.8) is 0 Å². The number of carboxylic acid groups (broad SMARTS) is 3. The summed E-state index contributed by atoms with van der Waals surface area (Å²) < 4.78 is 0. The van der Waals surface area contributed by atoms with Gasteiger partial charge < -0.3 is 20.2 Å². The molecule has 1 saturated heterocycles. The van der Waals surface area contributed by atoms with Crippen LogP contribution in [-0.4, -0.2) is 131 Å². The number of aliphatic carboxylic acids is 3. The topological polar surface area (TPSA) is 125 Å². The predicted octanol–water partition coefficient (Wildman–Crippen LogP) is 3.38. The SMILES string of the molecule is O=C(O)CN1CCN(CCCCc2ccc3ccc4cccc5ccc2c3c45)CCN(CC(=O)O)CCN(CC(=O)O)CC1. The first-order valence-electron chi connectivity index (χ1n) is 15.5. The highest BCUT2D eigenvalue weighted by Gasteiger charge is 2.20. The molecule has 1 fully saturated rings. The summed E-state index contributed by atoms with van der Waals surface area (Å²) in [6.07, 6.45) is 2.92. The van der Waals surface area contributed by atoms with E-state index in [0.29, 0.717) is 52.4 Å². The van der Waals surface area contributed by atoms with Crippen molar-refractivity contribution in [2.45, 2.75) is 19.3 Å². The fourth-order valence-corrected chi connectivity index (χ4v) is 6.51. The van der Waals surface area contributed by atoms with Gasteiger partial charge in [-0.05, 0) is 63.7 Å². The van der Waals surface area contributed by atoms with E-state index in [1.54, 1.807) is 4.90 Å². The smallest absolute Gasteiger partial charge is 0.317 e. The lowest BCUT2D eigenvalue weighted by molar-refractivity contribution is -0.140. The highest BCUT2D eigenvalue weighted by atomic mass is 16.4. The van der Waals surface area contributed by atoms with E-state index in [2.05, 4.69) is 59.5 Å². The molecule has 10 nitrogen and oxygen atoms in total. The molecule has 5 rings (SSSR count). The predicted molar refractivity (Wildman–Crippen MR) is 172 cm³/mol. The third kappa shape index (κ3) is 8.21. The van der Waals surface area contributed by atoms with Gasteiger partial charge in [0.25, 0.3) is 0 Å². The average Bonchev–Trinajstić information content (AvgIpc) is 2.98. The molecule has 0 saturated carbocycles. The summed E-state index contributed by atoms with van der Waals surface area (Å²) in [5.41, 5.74) is 1.34. The Bertz CT molecular complexity index is 1540. The van der Waals surface area contributed by atoms with Crippen LogP contribution in [0.2, 0.25) is 0 Å². The van der Waals surface area contributed by atoms with Crippen LogP contribution < -0.4 is 0 Å². The van der Waals surface area contributed by atoms with Crippen LogP contribution in [0.15, 0.2) is 54.6 Å². The van der Waals surface area contributed by atoms with Gasteiger partial charge in [0.1, 0.15) is 0 Å². The number of benzene rings is 4. The Morgan fingerprint density at radius 2 is 0.955 bits per heavy atom. The number of rotatable bonds is 11. The Hall–Kier alpha value is -3.83. The summed E-state index contributed by atoms with van der Waals surface area (Å²) in [4.78, 5) is 42.3. The van der Waals surface area contributed by atoms with E-state index >= 15 is 0 Å². The molecule has 0 amide bonds. The number of nitrogens with zero attached hydrogens (tertiary/aromatic N) is 4. The van der Waals surface area contributed by atoms with Crippen LogP contribution in [0.25, 0.3) is 32.3 Å². The van der Waals surface area contributed by atoms with Crippen LogP contribution in [0.1, 0.15) is 18.4 Å². The maximum Gasteiger partial charge on any atom is 0.317 e. The van der Waals surface area contributed by atoms with Gasteiger partial charge in [-0.1, -0.05) is 54.6 Å². The van der Waals surface area contributed by atoms with Crippen molar-refractivity contribution < 1.29 is 29.7 Å². The Balaban J connectivity index is 1.25. The van der Waals surface area contributed by atoms with E-state index < -0.39 is 17.9 Å². The number of unbranched alkanes of at least 4 members (excludes halogenated alkanes) is 1. The van der Waals surface area contributed by atoms with Gasteiger partial charge in [-0.3, -0.25) is 29.1 Å². The fourth-order valence-electron chi connectivity index (χ4n) is 6.51. The molecule has 4 aromatic rings. The van der Waals surface area contributed by atoms with Crippen LogP contribution in [0, 0.1) is 0 Å². The molecule has 0 aromatic heterocycles. The molecule has 0 spiro atoms. The normalized spacial score (nSPS) is 17.2. The second kappa shape index (κ2) is 14.8. The minimum absolute atomic E-state index is 0.103. The Labute approximate surface area is 257 Å². The van der Waals surface area contributed by atoms with Crippen LogP contribution in [-0.2, 0) is 20.8 Å². The quantitative estimate of drug-likeness (QED) is 0.174. The molecule has 0 radical (unpaired) electrons. The van der Waals surface area contributed by atoms with Crippen LogP contribution in [0.3, 0.4) is 0 Å². The number of aryl methyl sites for hydroxylation is 1. The molecule has 0 atom stereocenters. The van der Waals surface area contributed by atoms with E-state index in [4.69, 9.17) is 0 Å². The summed E-state index contributed by atoms with van der Waals surface area (Å²) in [7, 11) is 0. The van der Waals surface area contributed by atoms with Crippen molar-refractivity contribution in [1.29, 1.82) is 0 Å². The van der Waals surface area contributed by atoms with Crippen molar-refractivity contribution >= 4 is 50.2 Å². The molecule has 1 aliphatic heterocycles. The first-order chi connectivity index (χ1) is 21.3. The van der Waals surface area contributed by atoms with E-state index in [1.807, 2.05) is 9.80 Å². The lowest BCUT2D eigenvalue weighted by Gasteiger charge is -2.33. The molecule has 234 valence electrons. The summed E-state index contributed by atoms with van der Waals surface area (Å²) in [6, 6.07) is 19.8. The van der Waals surface area contributed by atoms with Crippen molar-refractivity contribution in [3.8, 4) is 0 Å². The third-order valence-corrected chi connectivity index (χ3v) is 8.80. The second-order valence-electron chi connectivity index (χ2n) is 11.9. The molecule has 1 heterocycles. The number of carbonyl (C=O) groups is 3. The molecule has 1 aliphatic rings. The zero-order valence-corrected chi connectivity index (χ0v) is 25.2. The largest absolute Gasteiger partial charge is 0.480 e. The monoisotopic (exact) mass is 602 g/mol. The van der Waals surface area contributed by atoms with Crippen LogP contribution in [0.5, 0.6) is 0 Å². The van der Waals surface area contributed by atoms with Crippen LogP contribution in [0.4, 0.5) is 0 Å². The molecule has 44 heavy (non-hydrogen) atoms. The highest BCUT2D eigenvalue weighted by Crippen LogP contribution is 2.36. The molecule has 0 unspecified atom stereocenters. The van der Waals surface area contributed by atoms with Gasteiger partial charge in [0.2, 0.25) is 0 Å². The Kier molecular flexibility index (Phi) is 10.6. The van der Waals surface area contributed by atoms with E-state index in [0.717, 1.165) is 25.8 Å². The van der Waals surface area contributed by atoms with E-state index in [9.17, 15) is 29.7 Å². The third-order valence-electron chi connectivity index (χ3n) is 8.80. The van der Waals surface area contributed by atoms with Crippen molar-refractivity contribution in [1.82, 2.24) is 19.6 Å². The highest BCUT2D eigenvalue weighted by molar-refractivity contribution is 6.23. The zero-order chi connectivity index (χ0) is 31.1. The first kappa shape index (κ1) is 31.6. The maximum atomic E-state index is 11.6. The zero-order valence-electron chi connectivity index (χ0n) is 25.2. The molecular formula is C34H42N4O6. The van der Waals surface area contributed by atoms with Gasteiger partial charge >= 0.3 is 17.9 Å². The lowest BCUT2D eigenvalue weighted by atomic mass is 9.90. The Morgan fingerprint density at radius 3 is 1.45 bits per heavy atom. The molecule has 0 bridgehead atoms. The standard InChI is InChI=1S/C34H42N4O6/c39-30(40)22-36-16-14-35(15-17-37(23-31(41)42)19-21-38(20-18-36)24-32(43)44)13-2-1-4-25-7-8-28-10-9-26-5-3-6-27-11-12-29(25)34(28)33(26)27/h3,5-12H,1-2,4,13-24H2,(H,39,40)(H,41,42)(H,43,44). The van der Waals surface area contributed by atoms with Crippen LogP contribution >= 0.6 is 0 Å². The lowest BCUT2D eigenvalue weighted by Crippen LogP contribution is -2.48. The minimum atomic E-state index is -0.958. The first-order valence-corrected chi connectivity index (χ1v) is 15.5. The molecule has 10 heteroatoms. The van der Waals surface area contributed by atoms with Crippen molar-refractivity contribution in [2.24, 2.45) is 0 Å². The summed E-state index contributed by atoms with van der Waals surface area (Å²) >= 11 is 0. The van der Waals surface area contributed by atoms with Gasteiger partial charge in [-0.25, -0.2) is 0 Å². The maximum absolute atomic E-state index is 11.6. The fraction of sp³-hybridized carbons (Fsp3) is 0.441. The minimum Gasteiger partial charge on any atom is -0.480 e. The molecule has 3 N–H and O–H groups in total. The molecule has 4 aromatic carbocycles.